The van der Waals surface area contributed by atoms with Crippen LogP contribution in [-0.2, 0) is 9.53 Å². The Hall–Kier alpha value is -2.43. The van der Waals surface area contributed by atoms with Crippen molar-refractivity contribution in [3.63, 3.8) is 0 Å². The van der Waals surface area contributed by atoms with Crippen LogP contribution in [0.3, 0.4) is 0 Å². The Morgan fingerprint density at radius 1 is 1.33 bits per heavy atom. The number of nitrogens with two attached hydrogens (primary N) is 1. The first kappa shape index (κ1) is 16.4. The van der Waals surface area contributed by atoms with Crippen molar-refractivity contribution in [2.24, 2.45) is 10.2 Å². The summed E-state index contributed by atoms with van der Waals surface area (Å²) >= 11 is 0. The van der Waals surface area contributed by atoms with Crippen LogP contribution in [0, 0.1) is 0 Å². The smallest absolute Gasteiger partial charge is 0.303 e. The quantitative estimate of drug-likeness (QED) is 0.550. The molecule has 2 aliphatic heterocycles. The molecular weight excluding hydrogens is 318 g/mol. The van der Waals surface area contributed by atoms with Crippen LogP contribution < -0.4 is 5.73 Å². The van der Waals surface area contributed by atoms with Gasteiger partial charge in [0.25, 0.3) is 0 Å². The number of aliphatic carboxylic acids is 1. The van der Waals surface area contributed by atoms with E-state index < -0.39 is 36.4 Å². The Morgan fingerprint density at radius 3 is 2.88 bits per heavy atom. The van der Waals surface area contributed by atoms with Crippen LogP contribution in [0.15, 0.2) is 28.7 Å². The van der Waals surface area contributed by atoms with Gasteiger partial charge in [0.2, 0.25) is 0 Å². The Balaban J connectivity index is 1.72. The fourth-order valence-electron chi connectivity index (χ4n) is 2.71. The normalized spacial score (nSPS) is 31.7. The number of hydrogen-bond acceptors (Lipinski definition) is 9. The van der Waals surface area contributed by atoms with Crippen LogP contribution in [0.2, 0.25) is 0 Å². The predicted molar refractivity (Wildman–Crippen MR) is 80.4 cm³/mol. The van der Waals surface area contributed by atoms with Crippen LogP contribution in [0.25, 0.3) is 0 Å². The Labute approximate surface area is 136 Å². The lowest BCUT2D eigenvalue weighted by Crippen LogP contribution is -2.34. The molecule has 3 rings (SSSR count). The third kappa shape index (κ3) is 2.98. The van der Waals surface area contributed by atoms with Crippen molar-refractivity contribution in [1.82, 2.24) is 9.97 Å². The molecule has 0 amide bonds. The number of allylic oxidation sites excluding steroid dienone is 1. The molecule has 0 spiro atoms. The zero-order valence-corrected chi connectivity index (χ0v) is 12.6. The molecule has 1 saturated heterocycles. The van der Waals surface area contributed by atoms with Gasteiger partial charge in [-0.25, -0.2) is 9.97 Å². The number of aromatic nitrogens is 2. The predicted octanol–water partition coefficient (Wildman–Crippen LogP) is 0.107. The van der Waals surface area contributed by atoms with E-state index in [0.717, 1.165) is 0 Å². The molecule has 0 aromatic carbocycles. The molecule has 0 saturated carbocycles. The van der Waals surface area contributed by atoms with Crippen LogP contribution in [-0.4, -0.2) is 55.7 Å². The molecule has 5 atom stereocenters. The summed E-state index contributed by atoms with van der Waals surface area (Å²) in [4.78, 5) is 18.4. The Bertz CT molecular complexity index is 694. The monoisotopic (exact) mass is 335 g/mol. The highest BCUT2D eigenvalue weighted by atomic mass is 16.5. The molecule has 5 N–H and O–H groups in total. The molecular formula is C14H17N5O5. The molecule has 128 valence electrons. The van der Waals surface area contributed by atoms with E-state index in [4.69, 9.17) is 15.6 Å². The lowest BCUT2D eigenvalue weighted by Gasteiger charge is -2.18. The summed E-state index contributed by atoms with van der Waals surface area (Å²) in [5.74, 6) is -0.727. The fourth-order valence-corrected chi connectivity index (χ4v) is 2.71. The number of azo groups is 1. The maximum absolute atomic E-state index is 10.5. The number of carboxylic acids is 1. The SMILES string of the molecule is Nc1ncnc2c1N=NC2[C@@H]1O[C@H](/C=C\CCC(=O)O)[C@@H](O)[C@H]1O. The number of aliphatic hydroxyl groups is 2. The number of anilines is 1. The second-order valence-electron chi connectivity index (χ2n) is 5.56. The Morgan fingerprint density at radius 2 is 2.12 bits per heavy atom. The number of carbonyl (C=O) groups is 1. The number of ether oxygens (including phenoxy) is 1. The van der Waals surface area contributed by atoms with Gasteiger partial charge in [0.1, 0.15) is 42.5 Å². The van der Waals surface area contributed by atoms with Gasteiger partial charge in [-0.2, -0.15) is 5.11 Å². The van der Waals surface area contributed by atoms with Gasteiger partial charge in [-0.3, -0.25) is 4.79 Å². The number of rotatable bonds is 5. The molecule has 1 fully saturated rings. The third-order valence-electron chi connectivity index (χ3n) is 3.94. The van der Waals surface area contributed by atoms with Gasteiger partial charge >= 0.3 is 5.97 Å². The van der Waals surface area contributed by atoms with E-state index >= 15 is 0 Å². The molecule has 10 nitrogen and oxygen atoms in total. The van der Waals surface area contributed by atoms with E-state index in [-0.39, 0.29) is 12.2 Å². The maximum atomic E-state index is 10.5. The first-order valence-corrected chi connectivity index (χ1v) is 7.40. The lowest BCUT2D eigenvalue weighted by atomic mass is 10.00. The molecule has 24 heavy (non-hydrogen) atoms. The largest absolute Gasteiger partial charge is 0.481 e. The van der Waals surface area contributed by atoms with Gasteiger partial charge in [0.15, 0.2) is 11.5 Å². The average molecular weight is 335 g/mol. The summed E-state index contributed by atoms with van der Waals surface area (Å²) in [5.41, 5.74) is 6.49. The summed E-state index contributed by atoms with van der Waals surface area (Å²) in [6.07, 6.45) is 0.743. The number of fused-ring (bicyclic) bond motifs is 1. The topological polar surface area (TPSA) is 164 Å². The van der Waals surface area contributed by atoms with Crippen LogP contribution >= 0.6 is 0 Å². The van der Waals surface area contributed by atoms with Crippen molar-refractivity contribution >= 4 is 17.5 Å². The van der Waals surface area contributed by atoms with Crippen molar-refractivity contribution in [1.29, 1.82) is 0 Å². The van der Waals surface area contributed by atoms with Gasteiger partial charge in [0, 0.05) is 6.42 Å². The van der Waals surface area contributed by atoms with Crippen molar-refractivity contribution in [2.45, 2.75) is 43.3 Å². The summed E-state index contributed by atoms with van der Waals surface area (Å²) in [6.45, 7) is 0. The molecule has 1 aromatic heterocycles. The molecule has 1 unspecified atom stereocenters. The van der Waals surface area contributed by atoms with Gasteiger partial charge in [0.05, 0.1) is 0 Å². The van der Waals surface area contributed by atoms with Crippen molar-refractivity contribution < 1.29 is 24.9 Å². The standard InChI is InChI=1S/C14H17N5O5/c15-14-10-8(16-5-17-14)9(18-19-10)13-12(23)11(22)6(24-13)3-1-2-4-7(20)21/h1,3,5-6,9,11-13,22-23H,2,4H2,(H,20,21)(H2,15,16,17)/b3-1-/t6-,9?,11-,12-,13+/m1/s1. The van der Waals surface area contributed by atoms with Crippen molar-refractivity contribution in [3.8, 4) is 0 Å². The van der Waals surface area contributed by atoms with Gasteiger partial charge in [-0.05, 0) is 6.42 Å². The highest BCUT2D eigenvalue weighted by molar-refractivity contribution is 5.66. The minimum absolute atomic E-state index is 0.0221. The highest BCUT2D eigenvalue weighted by Crippen LogP contribution is 2.43. The minimum Gasteiger partial charge on any atom is -0.481 e. The summed E-state index contributed by atoms with van der Waals surface area (Å²) in [5, 5.41) is 36.9. The number of aliphatic hydroxyl groups excluding tert-OH is 2. The zero-order valence-electron chi connectivity index (χ0n) is 12.6. The molecule has 2 aliphatic rings. The molecule has 1 aromatic rings. The van der Waals surface area contributed by atoms with E-state index in [0.29, 0.717) is 17.8 Å². The van der Waals surface area contributed by atoms with Gasteiger partial charge in [-0.15, -0.1) is 5.11 Å². The number of nitrogen functional groups attached to an aromatic ring is 1. The van der Waals surface area contributed by atoms with E-state index in [1.54, 1.807) is 6.08 Å². The first-order valence-electron chi connectivity index (χ1n) is 7.40. The minimum atomic E-state index is -1.19. The molecule has 3 heterocycles. The van der Waals surface area contributed by atoms with Crippen molar-refractivity contribution in [2.75, 3.05) is 5.73 Å². The molecule has 0 bridgehead atoms. The molecule has 0 aliphatic carbocycles. The number of carboxylic acid groups (broad SMARTS) is 1. The number of nitrogens with zero attached hydrogens (tertiary/aromatic N) is 4. The van der Waals surface area contributed by atoms with Gasteiger partial charge < -0.3 is 25.8 Å². The van der Waals surface area contributed by atoms with Crippen LogP contribution in [0.1, 0.15) is 24.6 Å². The summed E-state index contributed by atoms with van der Waals surface area (Å²) < 4.78 is 5.68. The average Bonchev–Trinajstić information content (AvgIpc) is 3.08. The lowest BCUT2D eigenvalue weighted by molar-refractivity contribution is -0.136. The van der Waals surface area contributed by atoms with Crippen LogP contribution in [0.4, 0.5) is 11.5 Å². The van der Waals surface area contributed by atoms with E-state index in [9.17, 15) is 15.0 Å². The third-order valence-corrected chi connectivity index (χ3v) is 3.94. The molecule has 10 heteroatoms. The second-order valence-corrected chi connectivity index (χ2v) is 5.56. The zero-order chi connectivity index (χ0) is 17.3. The van der Waals surface area contributed by atoms with E-state index in [2.05, 4.69) is 20.2 Å². The molecule has 0 radical (unpaired) electrons. The van der Waals surface area contributed by atoms with Crippen LogP contribution in [0.5, 0.6) is 0 Å². The van der Waals surface area contributed by atoms with Crippen molar-refractivity contribution in [3.05, 3.63) is 24.2 Å². The van der Waals surface area contributed by atoms with Gasteiger partial charge in [-0.1, -0.05) is 12.2 Å². The summed E-state index contributed by atoms with van der Waals surface area (Å²) in [6, 6.07) is -0.688. The number of hydrogen-bond donors (Lipinski definition) is 4. The van der Waals surface area contributed by atoms with E-state index in [1.807, 2.05) is 0 Å². The fraction of sp³-hybridized carbons (Fsp3) is 0.500. The maximum Gasteiger partial charge on any atom is 0.303 e. The highest BCUT2D eigenvalue weighted by Gasteiger charge is 2.48. The van der Waals surface area contributed by atoms with E-state index in [1.165, 1.54) is 12.4 Å². The first-order chi connectivity index (χ1) is 11.5. The Kier molecular flexibility index (Phi) is 4.51. The summed E-state index contributed by atoms with van der Waals surface area (Å²) in [7, 11) is 0. The second kappa shape index (κ2) is 6.59.